The molecule has 2 aliphatic rings. The van der Waals surface area contributed by atoms with Crippen molar-refractivity contribution in [3.63, 3.8) is 0 Å². The summed E-state index contributed by atoms with van der Waals surface area (Å²) in [5.41, 5.74) is 1.40. The van der Waals surface area contributed by atoms with Gasteiger partial charge in [0.25, 0.3) is 0 Å². The molecule has 204 valence electrons. The van der Waals surface area contributed by atoms with Crippen molar-refractivity contribution in [1.29, 1.82) is 0 Å². The molecule has 4 atom stereocenters. The van der Waals surface area contributed by atoms with Crippen molar-refractivity contribution >= 4 is 20.0 Å². The number of rotatable bonds is 6. The fourth-order valence-corrected chi connectivity index (χ4v) is 8.39. The van der Waals surface area contributed by atoms with E-state index in [2.05, 4.69) is 0 Å². The third-order valence-corrected chi connectivity index (χ3v) is 10.9. The second-order valence-electron chi connectivity index (χ2n) is 10.8. The van der Waals surface area contributed by atoms with Crippen LogP contribution in [-0.4, -0.2) is 76.0 Å². The quantitative estimate of drug-likeness (QED) is 0.546. The number of nitrogens with zero attached hydrogens (tertiary/aromatic N) is 2. The van der Waals surface area contributed by atoms with E-state index in [1.54, 1.807) is 24.3 Å². The molecule has 0 N–H and O–H groups in total. The van der Waals surface area contributed by atoms with Gasteiger partial charge in [0.1, 0.15) is 0 Å². The second-order valence-corrected chi connectivity index (χ2v) is 14.7. The number of benzene rings is 2. The molecule has 0 saturated carbocycles. The number of morpholine rings is 2. The van der Waals surface area contributed by atoms with E-state index < -0.39 is 25.5 Å². The standard InChI is InChI=1S/C27H38N2O6S2/c1-19-15-28(16-20(2)34-19)36(30,31)25-11-7-23(8-12-25)27(5,6)24-9-13-26(14-10-24)37(32,33)29-17-21(3)35-22(4)18-29/h7-14,19-22H,15-18H2,1-6H3/t19-,20-,21-,22+/m0/s1. The van der Waals surface area contributed by atoms with Gasteiger partial charge in [-0.15, -0.1) is 0 Å². The highest BCUT2D eigenvalue weighted by Gasteiger charge is 2.34. The highest BCUT2D eigenvalue weighted by molar-refractivity contribution is 7.89. The maximum atomic E-state index is 13.2. The van der Waals surface area contributed by atoms with Crippen LogP contribution in [0.25, 0.3) is 0 Å². The molecule has 0 amide bonds. The Bertz CT molecular complexity index is 1190. The molecule has 2 saturated heterocycles. The minimum Gasteiger partial charge on any atom is -0.373 e. The summed E-state index contributed by atoms with van der Waals surface area (Å²) >= 11 is 0. The number of hydrogen-bond acceptors (Lipinski definition) is 6. The Morgan fingerprint density at radius 3 is 1.14 bits per heavy atom. The Hall–Kier alpha value is -1.82. The first-order valence-electron chi connectivity index (χ1n) is 12.7. The number of hydrogen-bond donors (Lipinski definition) is 0. The third kappa shape index (κ3) is 5.79. The molecule has 0 radical (unpaired) electrons. The number of ether oxygens (including phenoxy) is 2. The lowest BCUT2D eigenvalue weighted by atomic mass is 9.78. The Kier molecular flexibility index (Phi) is 7.92. The summed E-state index contributed by atoms with van der Waals surface area (Å²) in [7, 11) is -7.24. The summed E-state index contributed by atoms with van der Waals surface area (Å²) < 4.78 is 67.2. The molecule has 4 rings (SSSR count). The van der Waals surface area contributed by atoms with Gasteiger partial charge in [-0.25, -0.2) is 16.8 Å². The van der Waals surface area contributed by atoms with E-state index >= 15 is 0 Å². The van der Waals surface area contributed by atoms with Gasteiger partial charge in [-0.3, -0.25) is 0 Å². The van der Waals surface area contributed by atoms with Crippen molar-refractivity contribution in [3.05, 3.63) is 59.7 Å². The minimum atomic E-state index is -3.62. The minimum absolute atomic E-state index is 0.154. The van der Waals surface area contributed by atoms with Crippen LogP contribution in [0, 0.1) is 0 Å². The topological polar surface area (TPSA) is 93.2 Å². The molecule has 0 unspecified atom stereocenters. The summed E-state index contributed by atoms with van der Waals surface area (Å²) in [6.45, 7) is 12.9. The van der Waals surface area contributed by atoms with Crippen molar-refractivity contribution in [1.82, 2.24) is 8.61 Å². The largest absolute Gasteiger partial charge is 0.373 e. The van der Waals surface area contributed by atoms with Crippen molar-refractivity contribution in [2.45, 2.75) is 81.2 Å². The SMILES string of the molecule is C[C@@H]1CN(S(=O)(=O)c2ccc(C(C)(C)c3ccc(S(=O)(=O)N4C[C@H](C)O[C@@H](C)C4)cc3)cc2)C[C@H](C)O1. The molecule has 0 bridgehead atoms. The lowest BCUT2D eigenvalue weighted by Crippen LogP contribution is -2.48. The van der Waals surface area contributed by atoms with E-state index in [4.69, 9.17) is 9.47 Å². The molecule has 2 aliphatic heterocycles. The Labute approximate surface area is 221 Å². The van der Waals surface area contributed by atoms with Gasteiger partial charge in [-0.05, 0) is 63.1 Å². The molecule has 8 nitrogen and oxygen atoms in total. The fraction of sp³-hybridized carbons (Fsp3) is 0.556. The molecule has 2 fully saturated rings. The van der Waals surface area contributed by atoms with E-state index in [9.17, 15) is 16.8 Å². The second kappa shape index (κ2) is 10.4. The van der Waals surface area contributed by atoms with Crippen LogP contribution in [0.4, 0.5) is 0 Å². The van der Waals surface area contributed by atoms with E-state index in [1.165, 1.54) is 8.61 Å². The normalized spacial score (nSPS) is 26.8. The van der Waals surface area contributed by atoms with E-state index in [-0.39, 0.29) is 34.2 Å². The van der Waals surface area contributed by atoms with Crippen LogP contribution in [0.2, 0.25) is 0 Å². The first kappa shape index (κ1) is 28.2. The van der Waals surface area contributed by atoms with E-state index in [0.717, 1.165) is 11.1 Å². The Morgan fingerprint density at radius 1 is 0.595 bits per heavy atom. The van der Waals surface area contributed by atoms with E-state index in [0.29, 0.717) is 26.2 Å². The monoisotopic (exact) mass is 550 g/mol. The molecule has 2 aromatic rings. The molecule has 2 aromatic carbocycles. The Morgan fingerprint density at radius 2 is 0.865 bits per heavy atom. The van der Waals surface area contributed by atoms with Crippen LogP contribution >= 0.6 is 0 Å². The van der Waals surface area contributed by atoms with Gasteiger partial charge in [-0.2, -0.15) is 8.61 Å². The van der Waals surface area contributed by atoms with Gasteiger partial charge in [0.05, 0.1) is 34.2 Å². The third-order valence-electron chi connectivity index (χ3n) is 7.20. The molecular formula is C27H38N2O6S2. The maximum Gasteiger partial charge on any atom is 0.243 e. The van der Waals surface area contributed by atoms with Crippen LogP contribution < -0.4 is 0 Å². The molecule has 2 heterocycles. The van der Waals surface area contributed by atoms with Crippen molar-refractivity contribution in [2.24, 2.45) is 0 Å². The smallest absolute Gasteiger partial charge is 0.243 e. The summed E-state index contributed by atoms with van der Waals surface area (Å²) in [4.78, 5) is 0.507. The zero-order chi connectivity index (χ0) is 27.2. The summed E-state index contributed by atoms with van der Waals surface area (Å²) in [6.07, 6.45) is -0.616. The predicted octanol–water partition coefficient (Wildman–Crippen LogP) is 3.61. The predicted molar refractivity (Wildman–Crippen MR) is 143 cm³/mol. The molecular weight excluding hydrogens is 512 g/mol. The van der Waals surface area contributed by atoms with Crippen LogP contribution in [0.1, 0.15) is 52.7 Å². The first-order valence-corrected chi connectivity index (χ1v) is 15.6. The average molecular weight is 551 g/mol. The Balaban J connectivity index is 1.54. The zero-order valence-corrected chi connectivity index (χ0v) is 24.1. The maximum absolute atomic E-state index is 13.2. The van der Waals surface area contributed by atoms with Crippen LogP contribution in [0.5, 0.6) is 0 Å². The molecule has 10 heteroatoms. The summed E-state index contributed by atoms with van der Waals surface area (Å²) in [5.74, 6) is 0. The van der Waals surface area contributed by atoms with Crippen LogP contribution in [0.3, 0.4) is 0 Å². The van der Waals surface area contributed by atoms with Crippen molar-refractivity contribution < 1.29 is 26.3 Å². The average Bonchev–Trinajstić information content (AvgIpc) is 2.83. The van der Waals surface area contributed by atoms with Crippen LogP contribution in [0.15, 0.2) is 58.3 Å². The first-order chi connectivity index (χ1) is 17.2. The van der Waals surface area contributed by atoms with Gasteiger partial charge in [0.2, 0.25) is 20.0 Å². The van der Waals surface area contributed by atoms with Gasteiger partial charge in [-0.1, -0.05) is 38.1 Å². The van der Waals surface area contributed by atoms with Gasteiger partial charge in [0.15, 0.2) is 0 Å². The van der Waals surface area contributed by atoms with Gasteiger partial charge in [0, 0.05) is 31.6 Å². The van der Waals surface area contributed by atoms with Gasteiger partial charge >= 0.3 is 0 Å². The molecule has 0 aromatic heterocycles. The highest BCUT2D eigenvalue weighted by Crippen LogP contribution is 2.34. The molecule has 37 heavy (non-hydrogen) atoms. The fourth-order valence-electron chi connectivity index (χ4n) is 5.21. The lowest BCUT2D eigenvalue weighted by Gasteiger charge is -2.34. The van der Waals surface area contributed by atoms with Crippen LogP contribution in [-0.2, 0) is 34.9 Å². The van der Waals surface area contributed by atoms with Gasteiger partial charge < -0.3 is 9.47 Å². The van der Waals surface area contributed by atoms with E-state index in [1.807, 2.05) is 65.8 Å². The highest BCUT2D eigenvalue weighted by atomic mass is 32.2. The number of sulfonamides is 2. The van der Waals surface area contributed by atoms with Crippen molar-refractivity contribution in [3.8, 4) is 0 Å². The molecule has 0 aliphatic carbocycles. The van der Waals surface area contributed by atoms with Crippen molar-refractivity contribution in [2.75, 3.05) is 26.2 Å². The summed E-state index contributed by atoms with van der Waals surface area (Å²) in [6, 6.07) is 13.9. The lowest BCUT2D eigenvalue weighted by molar-refractivity contribution is -0.0442. The zero-order valence-electron chi connectivity index (χ0n) is 22.4. The molecule has 0 spiro atoms. The summed E-state index contributed by atoms with van der Waals surface area (Å²) in [5, 5.41) is 0.